The van der Waals surface area contributed by atoms with Crippen molar-refractivity contribution in [3.63, 3.8) is 0 Å². The number of hydrogen-bond donors (Lipinski definition) is 3. The molecule has 1 aromatic rings. The molecule has 1 fully saturated rings. The summed E-state index contributed by atoms with van der Waals surface area (Å²) in [6.07, 6.45) is 8.14. The minimum atomic E-state index is 0.325. The Balaban J connectivity index is 2.16. The Morgan fingerprint density at radius 3 is 2.45 bits per heavy atom. The number of rotatable bonds is 6. The molecule has 1 aromatic heterocycles. The number of nitrogens with one attached hydrogen (secondary N) is 2. The molecule has 5 nitrogen and oxygen atoms in total. The zero-order chi connectivity index (χ0) is 14.6. The van der Waals surface area contributed by atoms with Gasteiger partial charge in [-0.05, 0) is 30.6 Å². The van der Waals surface area contributed by atoms with E-state index in [-0.39, 0.29) is 0 Å². The highest BCUT2D eigenvalue weighted by molar-refractivity contribution is 5.58. The fourth-order valence-corrected chi connectivity index (χ4v) is 3.25. The molecule has 0 bridgehead atoms. The van der Waals surface area contributed by atoms with E-state index in [1.807, 2.05) is 0 Å². The van der Waals surface area contributed by atoms with Crippen LogP contribution in [0, 0.1) is 5.41 Å². The molecule has 1 saturated carbocycles. The van der Waals surface area contributed by atoms with Crippen molar-refractivity contribution in [2.24, 2.45) is 11.3 Å². The van der Waals surface area contributed by atoms with Gasteiger partial charge in [0.25, 0.3) is 0 Å². The molecule has 0 atom stereocenters. The van der Waals surface area contributed by atoms with Crippen molar-refractivity contribution in [2.75, 3.05) is 17.3 Å². The maximum Gasteiger partial charge on any atom is 0.148 e. The van der Waals surface area contributed by atoms with Gasteiger partial charge in [-0.2, -0.15) is 0 Å². The van der Waals surface area contributed by atoms with E-state index in [0.717, 1.165) is 23.7 Å². The van der Waals surface area contributed by atoms with Gasteiger partial charge in [0, 0.05) is 12.1 Å². The molecule has 0 aliphatic heterocycles. The molecule has 2 rings (SSSR count). The molecule has 1 aliphatic carbocycles. The Labute approximate surface area is 121 Å². The fraction of sp³-hybridized carbons (Fsp3) is 0.733. The van der Waals surface area contributed by atoms with Crippen LogP contribution in [0.2, 0.25) is 0 Å². The number of anilines is 2. The van der Waals surface area contributed by atoms with E-state index >= 15 is 0 Å². The normalized spacial score (nSPS) is 17.4. The predicted octanol–water partition coefficient (Wildman–Crippen LogP) is 3.27. The van der Waals surface area contributed by atoms with Crippen molar-refractivity contribution in [3.05, 3.63) is 11.9 Å². The molecule has 1 aliphatic rings. The van der Waals surface area contributed by atoms with Crippen molar-refractivity contribution in [2.45, 2.75) is 58.8 Å². The minimum absolute atomic E-state index is 0.325. The van der Waals surface area contributed by atoms with Gasteiger partial charge in [-0.1, -0.05) is 33.6 Å². The Hall–Kier alpha value is -1.36. The lowest BCUT2D eigenvalue weighted by atomic mass is 9.83. The van der Waals surface area contributed by atoms with Crippen LogP contribution in [0.25, 0.3) is 0 Å². The van der Waals surface area contributed by atoms with E-state index in [1.54, 1.807) is 6.33 Å². The topological polar surface area (TPSA) is 75.9 Å². The summed E-state index contributed by atoms with van der Waals surface area (Å²) in [5, 5.41) is 3.56. The summed E-state index contributed by atoms with van der Waals surface area (Å²) in [6, 6.07) is 0. The SMILES string of the molecule is CCC1(CNc2ncnc(NN)c2C(C)C)CCCC1. The largest absolute Gasteiger partial charge is 0.369 e. The molecular formula is C15H27N5. The number of hydrogen-bond acceptors (Lipinski definition) is 5. The zero-order valence-corrected chi connectivity index (χ0v) is 12.9. The van der Waals surface area contributed by atoms with Gasteiger partial charge in [0.15, 0.2) is 0 Å². The third-order valence-electron chi connectivity index (χ3n) is 4.64. The smallest absolute Gasteiger partial charge is 0.148 e. The molecular weight excluding hydrogens is 250 g/mol. The van der Waals surface area contributed by atoms with Crippen LogP contribution in [0.15, 0.2) is 6.33 Å². The van der Waals surface area contributed by atoms with Crippen molar-refractivity contribution in [1.29, 1.82) is 0 Å². The maximum absolute atomic E-state index is 5.56. The summed E-state index contributed by atoms with van der Waals surface area (Å²) in [4.78, 5) is 8.63. The second kappa shape index (κ2) is 6.39. The Bertz CT molecular complexity index is 438. The standard InChI is InChI=1S/C15H27N5/c1-4-15(7-5-6-8-15)9-17-13-12(11(2)3)14(20-16)19-10-18-13/h10-11H,4-9,16H2,1-3H3,(H2,17,18,19,20). The van der Waals surface area contributed by atoms with Crippen LogP contribution in [0.3, 0.4) is 0 Å². The van der Waals surface area contributed by atoms with Crippen molar-refractivity contribution in [1.82, 2.24) is 9.97 Å². The Morgan fingerprint density at radius 2 is 1.90 bits per heavy atom. The monoisotopic (exact) mass is 277 g/mol. The summed E-state index contributed by atoms with van der Waals surface area (Å²) in [5.41, 5.74) is 4.19. The second-order valence-corrected chi connectivity index (χ2v) is 6.20. The third-order valence-corrected chi connectivity index (χ3v) is 4.64. The lowest BCUT2D eigenvalue weighted by Crippen LogP contribution is -2.27. The van der Waals surface area contributed by atoms with Gasteiger partial charge in [-0.25, -0.2) is 15.8 Å². The average molecular weight is 277 g/mol. The summed E-state index contributed by atoms with van der Waals surface area (Å²) in [6.45, 7) is 7.55. The Kier molecular flexibility index (Phi) is 4.81. The van der Waals surface area contributed by atoms with Crippen LogP contribution >= 0.6 is 0 Å². The van der Waals surface area contributed by atoms with Gasteiger partial charge in [0.2, 0.25) is 0 Å². The molecule has 112 valence electrons. The number of hydrazine groups is 1. The maximum atomic E-state index is 5.56. The number of nitrogen functional groups attached to an aromatic ring is 1. The highest BCUT2D eigenvalue weighted by Gasteiger charge is 2.32. The third kappa shape index (κ3) is 3.03. The Morgan fingerprint density at radius 1 is 1.25 bits per heavy atom. The van der Waals surface area contributed by atoms with Gasteiger partial charge in [0.1, 0.15) is 18.0 Å². The first-order chi connectivity index (χ1) is 9.62. The lowest BCUT2D eigenvalue weighted by molar-refractivity contribution is 0.306. The van der Waals surface area contributed by atoms with E-state index in [0.29, 0.717) is 11.3 Å². The quantitative estimate of drug-likeness (QED) is 0.549. The molecule has 0 unspecified atom stereocenters. The summed E-state index contributed by atoms with van der Waals surface area (Å²) >= 11 is 0. The molecule has 0 aromatic carbocycles. The summed E-state index contributed by atoms with van der Waals surface area (Å²) in [5.74, 6) is 7.52. The van der Waals surface area contributed by atoms with Crippen LogP contribution in [0.4, 0.5) is 11.6 Å². The molecule has 4 N–H and O–H groups in total. The minimum Gasteiger partial charge on any atom is -0.369 e. The van der Waals surface area contributed by atoms with Crippen molar-refractivity contribution >= 4 is 11.6 Å². The van der Waals surface area contributed by atoms with E-state index in [9.17, 15) is 0 Å². The van der Waals surface area contributed by atoms with Gasteiger partial charge >= 0.3 is 0 Å². The molecule has 5 heteroatoms. The lowest BCUT2D eigenvalue weighted by Gasteiger charge is -2.29. The average Bonchev–Trinajstić information content (AvgIpc) is 2.93. The first kappa shape index (κ1) is 15.0. The summed E-state index contributed by atoms with van der Waals surface area (Å²) < 4.78 is 0. The van der Waals surface area contributed by atoms with Crippen LogP contribution in [-0.2, 0) is 0 Å². The highest BCUT2D eigenvalue weighted by atomic mass is 15.3. The number of aromatic nitrogens is 2. The van der Waals surface area contributed by atoms with E-state index in [1.165, 1.54) is 32.1 Å². The van der Waals surface area contributed by atoms with Crippen molar-refractivity contribution < 1.29 is 0 Å². The number of nitrogens with two attached hydrogens (primary N) is 1. The molecule has 0 radical (unpaired) electrons. The number of nitrogens with zero attached hydrogens (tertiary/aromatic N) is 2. The van der Waals surface area contributed by atoms with E-state index < -0.39 is 0 Å². The molecule has 0 saturated heterocycles. The van der Waals surface area contributed by atoms with Crippen LogP contribution < -0.4 is 16.6 Å². The van der Waals surface area contributed by atoms with Gasteiger partial charge < -0.3 is 10.7 Å². The zero-order valence-electron chi connectivity index (χ0n) is 12.9. The van der Waals surface area contributed by atoms with E-state index in [2.05, 4.69) is 41.5 Å². The first-order valence-electron chi connectivity index (χ1n) is 7.67. The summed E-state index contributed by atoms with van der Waals surface area (Å²) in [7, 11) is 0. The van der Waals surface area contributed by atoms with Crippen LogP contribution in [0.1, 0.15) is 64.4 Å². The van der Waals surface area contributed by atoms with Gasteiger partial charge in [-0.15, -0.1) is 0 Å². The van der Waals surface area contributed by atoms with Crippen molar-refractivity contribution in [3.8, 4) is 0 Å². The fourth-order valence-electron chi connectivity index (χ4n) is 3.25. The van der Waals surface area contributed by atoms with Crippen LogP contribution in [0.5, 0.6) is 0 Å². The van der Waals surface area contributed by atoms with Crippen LogP contribution in [-0.4, -0.2) is 16.5 Å². The molecule has 1 heterocycles. The van der Waals surface area contributed by atoms with E-state index in [4.69, 9.17) is 5.84 Å². The highest BCUT2D eigenvalue weighted by Crippen LogP contribution is 2.41. The molecule has 20 heavy (non-hydrogen) atoms. The first-order valence-corrected chi connectivity index (χ1v) is 7.67. The predicted molar refractivity (Wildman–Crippen MR) is 83.6 cm³/mol. The van der Waals surface area contributed by atoms with Gasteiger partial charge in [-0.3, -0.25) is 0 Å². The van der Waals surface area contributed by atoms with Gasteiger partial charge in [0.05, 0.1) is 0 Å². The second-order valence-electron chi connectivity index (χ2n) is 6.20. The molecule has 0 spiro atoms. The molecule has 0 amide bonds.